The average molecular weight is 381 g/mol. The van der Waals surface area contributed by atoms with Crippen LogP contribution in [0.15, 0.2) is 53.3 Å². The van der Waals surface area contributed by atoms with Crippen molar-refractivity contribution in [3.8, 4) is 0 Å². The fourth-order valence-corrected chi connectivity index (χ4v) is 3.31. The number of nitrogens with zero attached hydrogens (tertiary/aromatic N) is 2. The molecule has 28 heavy (non-hydrogen) atoms. The maximum Gasteiger partial charge on any atom is 0.272 e. The van der Waals surface area contributed by atoms with E-state index in [1.165, 1.54) is 6.07 Å². The molecule has 0 spiro atoms. The zero-order valence-electron chi connectivity index (χ0n) is 16.1. The van der Waals surface area contributed by atoms with Crippen molar-refractivity contribution in [1.29, 1.82) is 0 Å². The summed E-state index contributed by atoms with van der Waals surface area (Å²) in [5, 5.41) is 7.80. The highest BCUT2D eigenvalue weighted by Crippen LogP contribution is 2.24. The number of aromatic nitrogens is 2. The third kappa shape index (κ3) is 4.11. The fourth-order valence-electron chi connectivity index (χ4n) is 3.31. The molecule has 0 aliphatic heterocycles. The van der Waals surface area contributed by atoms with E-state index in [-0.39, 0.29) is 23.8 Å². The summed E-state index contributed by atoms with van der Waals surface area (Å²) in [5.74, 6) is -1.02. The van der Waals surface area contributed by atoms with E-state index in [2.05, 4.69) is 10.2 Å². The van der Waals surface area contributed by atoms with Gasteiger partial charge in [-0.3, -0.25) is 9.59 Å². The molecule has 0 aliphatic rings. The Kier molecular flexibility index (Phi) is 6.19. The van der Waals surface area contributed by atoms with Crippen molar-refractivity contribution < 1.29 is 9.18 Å². The number of H-pyrrole nitrogens is 1. The van der Waals surface area contributed by atoms with Crippen molar-refractivity contribution >= 4 is 16.7 Å². The Hall–Kier alpha value is -3.02. The summed E-state index contributed by atoms with van der Waals surface area (Å²) >= 11 is 0. The highest BCUT2D eigenvalue weighted by Gasteiger charge is 2.25. The van der Waals surface area contributed by atoms with Gasteiger partial charge in [-0.15, -0.1) is 0 Å². The van der Waals surface area contributed by atoms with Gasteiger partial charge in [0.1, 0.15) is 5.82 Å². The molecule has 0 fully saturated rings. The van der Waals surface area contributed by atoms with Gasteiger partial charge in [0.05, 0.1) is 17.0 Å². The van der Waals surface area contributed by atoms with Crippen LogP contribution in [0.1, 0.15) is 43.9 Å². The van der Waals surface area contributed by atoms with Crippen LogP contribution >= 0.6 is 0 Å². The number of aromatic amines is 1. The first-order valence-electron chi connectivity index (χ1n) is 9.52. The molecule has 0 unspecified atom stereocenters. The molecule has 3 rings (SSSR count). The van der Waals surface area contributed by atoms with Gasteiger partial charge >= 0.3 is 0 Å². The second-order valence-corrected chi connectivity index (χ2v) is 6.91. The average Bonchev–Trinajstić information content (AvgIpc) is 2.72. The number of rotatable bonds is 7. The molecule has 6 heteroatoms. The molecule has 146 valence electrons. The summed E-state index contributed by atoms with van der Waals surface area (Å²) in [5.41, 5.74) is 0.724. The number of benzene rings is 2. The van der Waals surface area contributed by atoms with Crippen LogP contribution in [-0.4, -0.2) is 27.5 Å². The molecule has 0 aliphatic carbocycles. The topological polar surface area (TPSA) is 66.1 Å². The second kappa shape index (κ2) is 8.78. The number of carbonyl (C=O) groups is 1. The Morgan fingerprint density at radius 2 is 1.82 bits per heavy atom. The zero-order valence-corrected chi connectivity index (χ0v) is 16.1. The molecule has 1 heterocycles. The first-order valence-corrected chi connectivity index (χ1v) is 9.52. The predicted molar refractivity (Wildman–Crippen MR) is 108 cm³/mol. The highest BCUT2D eigenvalue weighted by molar-refractivity contribution is 5.91. The first-order chi connectivity index (χ1) is 13.5. The maximum atomic E-state index is 14.1. The van der Waals surface area contributed by atoms with Crippen molar-refractivity contribution in [3.05, 3.63) is 76.0 Å². The van der Waals surface area contributed by atoms with E-state index in [1.807, 2.05) is 13.0 Å². The van der Waals surface area contributed by atoms with Crippen molar-refractivity contribution in [2.45, 2.75) is 39.2 Å². The van der Waals surface area contributed by atoms with Crippen LogP contribution in [-0.2, 0) is 11.3 Å². The fraction of sp³-hybridized carbons (Fsp3) is 0.318. The van der Waals surface area contributed by atoms with Crippen LogP contribution in [0.5, 0.6) is 0 Å². The quantitative estimate of drug-likeness (QED) is 0.673. The molecule has 1 N–H and O–H groups in total. The van der Waals surface area contributed by atoms with E-state index in [9.17, 15) is 14.0 Å². The van der Waals surface area contributed by atoms with Crippen molar-refractivity contribution in [3.63, 3.8) is 0 Å². The number of hydrogen-bond acceptors (Lipinski definition) is 3. The zero-order chi connectivity index (χ0) is 20.1. The molecular formula is C22H24FN3O2. The van der Waals surface area contributed by atoms with E-state index in [0.29, 0.717) is 28.6 Å². The summed E-state index contributed by atoms with van der Waals surface area (Å²) in [7, 11) is 0. The van der Waals surface area contributed by atoms with Gasteiger partial charge < -0.3 is 4.90 Å². The van der Waals surface area contributed by atoms with Gasteiger partial charge in [-0.2, -0.15) is 5.10 Å². The lowest BCUT2D eigenvalue weighted by atomic mass is 9.99. The highest BCUT2D eigenvalue weighted by atomic mass is 19.1. The number of amides is 1. The van der Waals surface area contributed by atoms with Crippen LogP contribution in [0.25, 0.3) is 10.8 Å². The molecule has 1 amide bonds. The predicted octanol–water partition coefficient (Wildman–Crippen LogP) is 3.99. The molecular weight excluding hydrogens is 357 g/mol. The smallest absolute Gasteiger partial charge is 0.272 e. The third-order valence-electron chi connectivity index (χ3n) is 4.92. The van der Waals surface area contributed by atoms with Crippen molar-refractivity contribution in [2.24, 2.45) is 0 Å². The van der Waals surface area contributed by atoms with Crippen LogP contribution in [0.3, 0.4) is 0 Å². The van der Waals surface area contributed by atoms with E-state index < -0.39 is 5.92 Å². The van der Waals surface area contributed by atoms with Crippen molar-refractivity contribution in [2.75, 3.05) is 6.54 Å². The minimum absolute atomic E-state index is 0.138. The first kappa shape index (κ1) is 19.7. The van der Waals surface area contributed by atoms with Gasteiger partial charge in [-0.1, -0.05) is 49.7 Å². The Morgan fingerprint density at radius 1 is 1.14 bits per heavy atom. The Labute approximate surface area is 163 Å². The Bertz CT molecular complexity index is 1030. The lowest BCUT2D eigenvalue weighted by Crippen LogP contribution is -2.35. The largest absolute Gasteiger partial charge is 0.338 e. The third-order valence-corrected chi connectivity index (χ3v) is 4.92. The Morgan fingerprint density at radius 3 is 2.54 bits per heavy atom. The van der Waals surface area contributed by atoms with E-state index in [4.69, 9.17) is 0 Å². The van der Waals surface area contributed by atoms with Gasteiger partial charge in [0, 0.05) is 24.0 Å². The molecule has 0 saturated carbocycles. The molecule has 2 aromatic carbocycles. The number of unbranched alkanes of at least 4 members (excludes halogenated alkanes) is 1. The summed E-state index contributed by atoms with van der Waals surface area (Å²) < 4.78 is 14.1. The van der Waals surface area contributed by atoms with Crippen LogP contribution < -0.4 is 5.56 Å². The molecule has 1 atom stereocenters. The van der Waals surface area contributed by atoms with E-state index in [1.54, 1.807) is 48.2 Å². The van der Waals surface area contributed by atoms with Gasteiger partial charge in [-0.05, 0) is 25.5 Å². The molecule has 0 saturated heterocycles. The summed E-state index contributed by atoms with van der Waals surface area (Å²) in [6.07, 6.45) is 1.75. The normalized spacial score (nSPS) is 12.1. The van der Waals surface area contributed by atoms with Gasteiger partial charge in [-0.25, -0.2) is 9.49 Å². The monoisotopic (exact) mass is 381 g/mol. The summed E-state index contributed by atoms with van der Waals surface area (Å²) in [6.45, 7) is 4.56. The minimum atomic E-state index is -0.564. The lowest BCUT2D eigenvalue weighted by Gasteiger charge is -2.26. The van der Waals surface area contributed by atoms with Crippen LogP contribution in [0.2, 0.25) is 0 Å². The van der Waals surface area contributed by atoms with E-state index >= 15 is 0 Å². The molecule has 0 bridgehead atoms. The lowest BCUT2D eigenvalue weighted by molar-refractivity contribution is -0.133. The standard InChI is InChI=1S/C22H24FN3O2/c1-3-4-13-26(14-16-9-5-8-12-19(16)23)22(28)15(2)20-17-10-6-7-11-18(17)21(27)25-24-20/h5-12,15H,3-4,13-14H2,1-2H3,(H,25,27)/t15-/m1/s1. The second-order valence-electron chi connectivity index (χ2n) is 6.91. The Balaban J connectivity index is 1.93. The van der Waals surface area contributed by atoms with Crippen molar-refractivity contribution in [1.82, 2.24) is 15.1 Å². The van der Waals surface area contributed by atoms with Gasteiger partial charge in [0.15, 0.2) is 0 Å². The minimum Gasteiger partial charge on any atom is -0.338 e. The molecule has 5 nitrogen and oxygen atoms in total. The van der Waals surface area contributed by atoms with Crippen LogP contribution in [0, 0.1) is 5.82 Å². The number of carbonyl (C=O) groups excluding carboxylic acids is 1. The van der Waals surface area contributed by atoms with Crippen LogP contribution in [0.4, 0.5) is 4.39 Å². The summed E-state index contributed by atoms with van der Waals surface area (Å²) in [6, 6.07) is 13.6. The number of halogens is 1. The number of fused-ring (bicyclic) bond motifs is 1. The number of nitrogens with one attached hydrogen (secondary N) is 1. The molecule has 0 radical (unpaired) electrons. The van der Waals surface area contributed by atoms with E-state index in [0.717, 1.165) is 12.8 Å². The SMILES string of the molecule is CCCCN(Cc1ccccc1F)C(=O)[C@H](C)c1n[nH]c(=O)c2ccccc12. The van der Waals surface area contributed by atoms with Gasteiger partial charge in [0.2, 0.25) is 5.91 Å². The molecule has 3 aromatic rings. The number of hydrogen-bond donors (Lipinski definition) is 1. The summed E-state index contributed by atoms with van der Waals surface area (Å²) in [4.78, 5) is 27.0. The molecule has 1 aromatic heterocycles. The van der Waals surface area contributed by atoms with Gasteiger partial charge in [0.25, 0.3) is 5.56 Å². The maximum absolute atomic E-state index is 14.1.